The second kappa shape index (κ2) is 198. The molecule has 0 spiro atoms. The van der Waals surface area contributed by atoms with Gasteiger partial charge in [0.25, 0.3) is 23.9 Å². The van der Waals surface area contributed by atoms with Gasteiger partial charge in [0.15, 0.2) is 0 Å². The minimum absolute atomic E-state index is 0. The van der Waals surface area contributed by atoms with Crippen molar-refractivity contribution < 1.29 is 215 Å². The van der Waals surface area contributed by atoms with Gasteiger partial charge in [0.05, 0.1) is 0 Å². The molecule has 0 amide bonds. The van der Waals surface area contributed by atoms with E-state index in [0.29, 0.717) is 0 Å². The first kappa shape index (κ1) is 102. The average Bonchev–Trinajstić information content (AvgIpc) is 2.63. The molecule has 0 unspecified atom stereocenters. The van der Waals surface area contributed by atoms with E-state index in [1.54, 1.807) is 0 Å². The summed E-state index contributed by atoms with van der Waals surface area (Å²) in [5.74, 6) is -3.33. The van der Waals surface area contributed by atoms with Crippen molar-refractivity contribution in [1.82, 2.24) is 0 Å². The van der Waals surface area contributed by atoms with Crippen LogP contribution >= 0.6 is 0 Å². The summed E-state index contributed by atoms with van der Waals surface area (Å²) in [4.78, 5) is 36.0. The van der Waals surface area contributed by atoms with Crippen LogP contribution in [0, 0.1) is 71.0 Å². The van der Waals surface area contributed by atoms with Crippen molar-refractivity contribution in [3.8, 4) is 0 Å². The van der Waals surface area contributed by atoms with Gasteiger partial charge in [-0.15, -0.1) is 0 Å². The molecule has 0 fully saturated rings. The Balaban J connectivity index is -0.00000000620. The molecule has 0 aromatic heterocycles. The molecule has 0 atom stereocenters. The molecule has 19 heteroatoms. The third-order valence-corrected chi connectivity index (χ3v) is 0. The summed E-state index contributed by atoms with van der Waals surface area (Å²) in [6.07, 6.45) is 0. The SMILES string of the molecule is CC(=O)O.CC(=O)O.CC(=O)O.CC(=O)O.[C-]#N.[C-]#N.[C-]#N.[C-]#N.[C-]#N.[C-]#N.[Fe+6].[H-].[H-].[H-].[K+].[K+].[K+].[PbH2]. The summed E-state index contributed by atoms with van der Waals surface area (Å²) in [7, 11) is 0. The van der Waals surface area contributed by atoms with Gasteiger partial charge in [-0.2, -0.15) is 0 Å². The normalized spacial score (nSPS) is 3.39. The maximum atomic E-state index is 9.00. The Bertz CT molecular complexity index is 382. The molecule has 0 aliphatic rings. The minimum atomic E-state index is -0.833. The van der Waals surface area contributed by atoms with E-state index >= 15 is 0 Å². The van der Waals surface area contributed by atoms with Crippen molar-refractivity contribution in [2.45, 2.75) is 27.7 Å². The molecule has 0 aromatic rings. The Morgan fingerprint density at radius 3 is 0.455 bits per heavy atom. The molecule has 0 aromatic carbocycles. The summed E-state index contributed by atoms with van der Waals surface area (Å²) < 4.78 is 0. The van der Waals surface area contributed by atoms with Crippen LogP contribution in [0.1, 0.15) is 32.0 Å². The van der Waals surface area contributed by atoms with Crippen LogP contribution < -0.4 is 154 Å². The first-order chi connectivity index (χ1) is 12.9. The molecule has 0 saturated carbocycles. The third-order valence-electron chi connectivity index (χ3n) is 0. The van der Waals surface area contributed by atoms with Crippen LogP contribution in [0.4, 0.5) is 0 Å². The molecule has 4 N–H and O–H groups in total. The Morgan fingerprint density at radius 2 is 0.455 bits per heavy atom. The van der Waals surface area contributed by atoms with E-state index < -0.39 is 23.9 Å². The average molecular weight is 782 g/mol. The van der Waals surface area contributed by atoms with E-state index in [9.17, 15) is 0 Å². The zero-order valence-corrected chi connectivity index (χ0v) is 35.1. The van der Waals surface area contributed by atoms with E-state index in [-0.39, 0.29) is 203 Å². The molecule has 0 aliphatic carbocycles. The monoisotopic (exact) mass is 782 g/mol. The number of carboxylic acids is 4. The van der Waals surface area contributed by atoms with Gasteiger partial charge in [0.2, 0.25) is 0 Å². The zero-order chi connectivity index (χ0) is 26.3. The molecule has 0 rings (SSSR count). The standard InChI is InChI=1S/4C2H4O2.6CN.Fe.3K.Pb.5H/c4*1-2(3)4;6*1-2;;;;;;;;;;/h4*1H3,(H,3,4);;;;;;;;;;;;;;;;/q;;;;6*-1;+6;3*+1;;;;3*-1. The summed E-state index contributed by atoms with van der Waals surface area (Å²) in [5.41, 5.74) is 0. The van der Waals surface area contributed by atoms with Gasteiger partial charge in [-0.1, -0.05) is 0 Å². The van der Waals surface area contributed by atoms with E-state index in [2.05, 4.69) is 0 Å². The van der Waals surface area contributed by atoms with Crippen molar-refractivity contribution in [3.63, 3.8) is 0 Å². The van der Waals surface area contributed by atoms with Crippen LogP contribution in [0.5, 0.6) is 0 Å². The van der Waals surface area contributed by atoms with Crippen molar-refractivity contribution in [3.05, 3.63) is 39.4 Å². The second-order valence-corrected chi connectivity index (χ2v) is 2.08. The fourth-order valence-corrected chi connectivity index (χ4v) is 0. The molecule has 0 aliphatic heterocycles. The number of rotatable bonds is 0. The van der Waals surface area contributed by atoms with E-state index in [0.717, 1.165) is 27.7 Å². The van der Waals surface area contributed by atoms with Gasteiger partial charge in [0, 0.05) is 27.7 Å². The summed E-state index contributed by atoms with van der Waals surface area (Å²) in [6, 6.07) is 0. The van der Waals surface area contributed by atoms with E-state index in [1.807, 2.05) is 0 Å². The van der Waals surface area contributed by atoms with Gasteiger partial charge in [-0.3, -0.25) is 19.2 Å². The topological polar surface area (TPSA) is 292 Å². The second-order valence-electron chi connectivity index (χ2n) is 2.08. The van der Waals surface area contributed by atoms with E-state index in [4.69, 9.17) is 111 Å². The van der Waals surface area contributed by atoms with Gasteiger partial charge in [0.1, 0.15) is 0 Å². The zero-order valence-electron chi connectivity index (χ0n) is 22.2. The molecule has 33 heavy (non-hydrogen) atoms. The third kappa shape index (κ3) is 23500. The number of aliphatic carboxylic acids is 4. The Morgan fingerprint density at radius 1 is 0.455 bits per heavy atom. The molecule has 170 valence electrons. The van der Waals surface area contributed by atoms with Gasteiger partial charge < -0.3 is 95.7 Å². The van der Waals surface area contributed by atoms with Gasteiger partial charge >= 0.3 is 199 Å². The van der Waals surface area contributed by atoms with Crippen molar-refractivity contribution in [1.29, 1.82) is 31.6 Å². The van der Waals surface area contributed by atoms with E-state index in [1.165, 1.54) is 0 Å². The molecule has 2 radical (unpaired) electrons. The first-order valence-corrected chi connectivity index (χ1v) is 5.05. The van der Waals surface area contributed by atoms with Crippen LogP contribution in [0.15, 0.2) is 0 Å². The van der Waals surface area contributed by atoms with Gasteiger partial charge in [-0.05, 0) is 0 Å². The first-order valence-electron chi connectivity index (χ1n) is 5.05. The molecule has 0 heterocycles. The van der Waals surface area contributed by atoms with Crippen LogP contribution in [-0.2, 0) is 36.2 Å². The predicted molar refractivity (Wildman–Crippen MR) is 94.9 cm³/mol. The Kier molecular flexibility index (Phi) is 614. The number of hydrogen-bond acceptors (Lipinski definition) is 10. The summed E-state index contributed by atoms with van der Waals surface area (Å²) >= 11 is 0. The van der Waals surface area contributed by atoms with Gasteiger partial charge in [-0.25, -0.2) is 0 Å². The van der Waals surface area contributed by atoms with Crippen molar-refractivity contribution in [2.24, 2.45) is 0 Å². The fraction of sp³-hybridized carbons (Fsp3) is 0.286. The molecule has 0 bridgehead atoms. The number of hydrogen-bond donors (Lipinski definition) is 4. The van der Waals surface area contributed by atoms with Crippen molar-refractivity contribution >= 4 is 51.2 Å². The molecular weight excluding hydrogens is 761 g/mol. The van der Waals surface area contributed by atoms with Crippen LogP contribution in [0.25, 0.3) is 0 Å². The van der Waals surface area contributed by atoms with Crippen LogP contribution in [0.3, 0.4) is 0 Å². The molecular formula is C14H21FeK3N6O8Pb. The molecule has 14 nitrogen and oxygen atoms in total. The number of carbonyl (C=O) groups is 4. The Labute approximate surface area is 357 Å². The summed E-state index contributed by atoms with van der Waals surface area (Å²) in [5, 5.41) is 67.2. The maximum absolute atomic E-state index is 9.00. The quantitative estimate of drug-likeness (QED) is 0.131. The molecule has 0 saturated heterocycles. The van der Waals surface area contributed by atoms with Crippen LogP contribution in [0.2, 0.25) is 0 Å². The Hall–Kier alpha value is 1.17. The van der Waals surface area contributed by atoms with Crippen molar-refractivity contribution in [2.75, 3.05) is 0 Å². The predicted octanol–water partition coefficient (Wildman–Crippen LogP) is -8.63. The number of nitrogens with zero attached hydrogens (tertiary/aromatic N) is 6. The summed E-state index contributed by atoms with van der Waals surface area (Å²) in [6.45, 7) is 32.8. The fourth-order valence-electron chi connectivity index (χ4n) is 0. The number of carboxylic acid groups (broad SMARTS) is 4. The van der Waals surface area contributed by atoms with Crippen LogP contribution in [-0.4, -0.2) is 71.6 Å².